The minimum atomic E-state index is -0.983. The summed E-state index contributed by atoms with van der Waals surface area (Å²) in [6, 6.07) is 9.58. The molecule has 11 heteroatoms. The molecule has 6 rings (SSSR count). The molecule has 1 aromatic carbocycles. The summed E-state index contributed by atoms with van der Waals surface area (Å²) in [6.45, 7) is 3.85. The van der Waals surface area contributed by atoms with Crippen LogP contribution in [0.1, 0.15) is 36.7 Å². The number of fused-ring (bicyclic) bond motifs is 1. The van der Waals surface area contributed by atoms with Gasteiger partial charge in [-0.2, -0.15) is 10.4 Å². The van der Waals surface area contributed by atoms with Crippen LogP contribution in [-0.2, 0) is 16.6 Å². The number of hydrogen-bond donors (Lipinski definition) is 2. The Labute approximate surface area is 236 Å². The third kappa shape index (κ3) is 4.92. The molecule has 2 aliphatic rings. The topological polar surface area (TPSA) is 126 Å². The van der Waals surface area contributed by atoms with E-state index in [1.807, 2.05) is 13.0 Å². The van der Waals surface area contributed by atoms with Crippen molar-refractivity contribution < 1.29 is 18.6 Å². The van der Waals surface area contributed by atoms with Crippen molar-refractivity contribution in [2.45, 2.75) is 43.7 Å². The Balaban J connectivity index is 1.34. The molecule has 212 valence electrons. The third-order valence-corrected chi connectivity index (χ3v) is 8.39. The standard InChI is InChI=1S/C30H31F2N7O2/c1-18-15-38(16-24(34)29(18)40)26-4-7-35-13-19(26)10-27-36-14-21-2-3-25(37-39(21)27)28-22(31)11-20(12-23(28)32)30(17-33)5-8-41-9-6-30/h2-4,7,11-14,18,24,29,40H,5-6,8-10,15-16,34H2,1H3/t18-,24+,29+/m0/s1. The quantitative estimate of drug-likeness (QED) is 0.381. The summed E-state index contributed by atoms with van der Waals surface area (Å²) < 4.78 is 37.9. The first kappa shape index (κ1) is 27.2. The predicted octanol–water partition coefficient (Wildman–Crippen LogP) is 3.38. The highest BCUT2D eigenvalue weighted by Crippen LogP contribution is 2.37. The van der Waals surface area contributed by atoms with Crippen LogP contribution in [0.2, 0.25) is 0 Å². The van der Waals surface area contributed by atoms with Crippen LogP contribution >= 0.6 is 0 Å². The highest BCUT2D eigenvalue weighted by Gasteiger charge is 2.36. The van der Waals surface area contributed by atoms with Gasteiger partial charge in [0, 0.05) is 68.3 Å². The maximum atomic E-state index is 15.5. The molecule has 0 spiro atoms. The lowest BCUT2D eigenvalue weighted by atomic mass is 9.75. The average molecular weight is 560 g/mol. The molecule has 0 radical (unpaired) electrons. The van der Waals surface area contributed by atoms with E-state index < -0.39 is 23.2 Å². The molecule has 0 amide bonds. The van der Waals surface area contributed by atoms with Gasteiger partial charge >= 0.3 is 0 Å². The predicted molar refractivity (Wildman–Crippen MR) is 148 cm³/mol. The second-order valence-electron chi connectivity index (χ2n) is 11.1. The van der Waals surface area contributed by atoms with Gasteiger partial charge in [0.25, 0.3) is 0 Å². The Kier molecular flexibility index (Phi) is 7.15. The molecule has 3 atom stereocenters. The van der Waals surface area contributed by atoms with Gasteiger partial charge in [-0.3, -0.25) is 4.98 Å². The van der Waals surface area contributed by atoms with Crippen molar-refractivity contribution in [3.8, 4) is 17.3 Å². The van der Waals surface area contributed by atoms with Gasteiger partial charge in [0.05, 0.1) is 40.6 Å². The zero-order valence-electron chi connectivity index (χ0n) is 22.7. The second kappa shape index (κ2) is 10.8. The van der Waals surface area contributed by atoms with Crippen LogP contribution in [-0.4, -0.2) is 63.1 Å². The van der Waals surface area contributed by atoms with Gasteiger partial charge < -0.3 is 20.5 Å². The highest BCUT2D eigenvalue weighted by molar-refractivity contribution is 5.64. The lowest BCUT2D eigenvalue weighted by Gasteiger charge is -2.40. The Bertz CT molecular complexity index is 1590. The molecular weight excluding hydrogens is 528 g/mol. The first-order chi connectivity index (χ1) is 19.8. The van der Waals surface area contributed by atoms with E-state index in [2.05, 4.69) is 26.0 Å². The number of benzene rings is 1. The van der Waals surface area contributed by atoms with Crippen LogP contribution in [0.15, 0.2) is 48.9 Å². The van der Waals surface area contributed by atoms with Crippen molar-refractivity contribution in [3.63, 3.8) is 0 Å². The molecule has 4 aromatic rings. The van der Waals surface area contributed by atoms with Crippen molar-refractivity contribution in [2.75, 3.05) is 31.2 Å². The Morgan fingerprint density at radius 1 is 1.15 bits per heavy atom. The number of pyridine rings is 1. The van der Waals surface area contributed by atoms with Crippen LogP contribution in [0.3, 0.4) is 0 Å². The molecule has 3 aromatic heterocycles. The zero-order chi connectivity index (χ0) is 28.7. The normalized spacial score (nSPS) is 22.5. The zero-order valence-corrected chi connectivity index (χ0v) is 22.7. The molecule has 0 saturated carbocycles. The number of nitrogens with two attached hydrogens (primary N) is 1. The third-order valence-electron chi connectivity index (χ3n) is 8.39. The smallest absolute Gasteiger partial charge is 0.135 e. The minimum Gasteiger partial charge on any atom is -0.391 e. The van der Waals surface area contributed by atoms with Gasteiger partial charge in [0.15, 0.2) is 0 Å². The van der Waals surface area contributed by atoms with E-state index in [0.29, 0.717) is 62.5 Å². The van der Waals surface area contributed by atoms with Crippen LogP contribution in [0.5, 0.6) is 0 Å². The number of aliphatic hydroxyl groups excluding tert-OH is 1. The molecular formula is C30H31F2N7O2. The number of aromatic nitrogens is 4. The number of ether oxygens (including phenoxy) is 1. The van der Waals surface area contributed by atoms with E-state index in [0.717, 1.165) is 11.3 Å². The summed E-state index contributed by atoms with van der Waals surface area (Å²) in [5, 5.41) is 24.7. The number of halogens is 2. The number of nitrogens with zero attached hydrogens (tertiary/aromatic N) is 6. The first-order valence-electron chi connectivity index (χ1n) is 13.7. The van der Waals surface area contributed by atoms with Gasteiger partial charge in [0.2, 0.25) is 0 Å². The van der Waals surface area contributed by atoms with Crippen molar-refractivity contribution >= 4 is 11.2 Å². The average Bonchev–Trinajstić information content (AvgIpc) is 3.37. The Hall–Kier alpha value is -3.98. The SMILES string of the molecule is C[C@H]1CN(c2ccncc2Cc2ncc3ccc(-c4c(F)cc(C5(C#N)CCOCC5)cc4F)nn23)C[C@@H](N)[C@@H]1O. The number of imidazole rings is 1. The molecule has 0 unspecified atom stereocenters. The van der Waals surface area contributed by atoms with Crippen LogP contribution in [0.25, 0.3) is 16.8 Å². The number of rotatable bonds is 5. The lowest BCUT2D eigenvalue weighted by Crippen LogP contribution is -2.55. The highest BCUT2D eigenvalue weighted by atomic mass is 19.1. The molecule has 41 heavy (non-hydrogen) atoms. The molecule has 2 saturated heterocycles. The molecule has 9 nitrogen and oxygen atoms in total. The van der Waals surface area contributed by atoms with E-state index in [-0.39, 0.29) is 23.2 Å². The number of piperidine rings is 1. The molecule has 3 N–H and O–H groups in total. The van der Waals surface area contributed by atoms with E-state index in [1.165, 1.54) is 12.1 Å². The van der Waals surface area contributed by atoms with Crippen molar-refractivity contribution in [1.82, 2.24) is 19.6 Å². The molecule has 0 aliphatic carbocycles. The number of anilines is 1. The fraction of sp³-hybridized carbons (Fsp3) is 0.400. The van der Waals surface area contributed by atoms with E-state index >= 15 is 8.78 Å². The molecule has 0 bridgehead atoms. The van der Waals surface area contributed by atoms with Crippen molar-refractivity contribution in [3.05, 3.63) is 77.5 Å². The van der Waals surface area contributed by atoms with Gasteiger partial charge in [-0.05, 0) is 48.7 Å². The molecule has 5 heterocycles. The minimum absolute atomic E-state index is 0.00177. The van der Waals surface area contributed by atoms with E-state index in [1.54, 1.807) is 35.2 Å². The Morgan fingerprint density at radius 2 is 1.90 bits per heavy atom. The van der Waals surface area contributed by atoms with E-state index in [4.69, 9.17) is 10.5 Å². The maximum absolute atomic E-state index is 15.5. The fourth-order valence-corrected chi connectivity index (χ4v) is 6.01. The fourth-order valence-electron chi connectivity index (χ4n) is 6.01. The first-order valence-corrected chi connectivity index (χ1v) is 13.7. The summed E-state index contributed by atoms with van der Waals surface area (Å²) >= 11 is 0. The van der Waals surface area contributed by atoms with Gasteiger partial charge in [0.1, 0.15) is 17.5 Å². The number of aliphatic hydroxyl groups is 1. The largest absolute Gasteiger partial charge is 0.391 e. The van der Waals surface area contributed by atoms with Crippen LogP contribution in [0.4, 0.5) is 14.5 Å². The van der Waals surface area contributed by atoms with Crippen molar-refractivity contribution in [2.24, 2.45) is 11.7 Å². The van der Waals surface area contributed by atoms with Gasteiger partial charge in [-0.1, -0.05) is 6.92 Å². The summed E-state index contributed by atoms with van der Waals surface area (Å²) in [4.78, 5) is 11.0. The van der Waals surface area contributed by atoms with Gasteiger partial charge in [-0.15, -0.1) is 0 Å². The number of hydrogen-bond acceptors (Lipinski definition) is 8. The van der Waals surface area contributed by atoms with E-state index in [9.17, 15) is 10.4 Å². The lowest BCUT2D eigenvalue weighted by molar-refractivity contribution is 0.0674. The van der Waals surface area contributed by atoms with Crippen LogP contribution in [0, 0.1) is 28.9 Å². The molecule has 2 aliphatic heterocycles. The van der Waals surface area contributed by atoms with Crippen molar-refractivity contribution in [1.29, 1.82) is 5.26 Å². The second-order valence-corrected chi connectivity index (χ2v) is 11.1. The number of nitriles is 1. The molecule has 2 fully saturated rings. The summed E-state index contributed by atoms with van der Waals surface area (Å²) in [5.41, 5.74) is 7.90. The van der Waals surface area contributed by atoms with Gasteiger partial charge in [-0.25, -0.2) is 18.3 Å². The summed E-state index contributed by atoms with van der Waals surface area (Å²) in [6.07, 6.45) is 5.70. The monoisotopic (exact) mass is 559 g/mol. The Morgan fingerprint density at radius 3 is 2.61 bits per heavy atom. The maximum Gasteiger partial charge on any atom is 0.135 e. The summed E-state index contributed by atoms with van der Waals surface area (Å²) in [7, 11) is 0. The summed E-state index contributed by atoms with van der Waals surface area (Å²) in [5.74, 6) is -0.973. The van der Waals surface area contributed by atoms with Crippen LogP contribution < -0.4 is 10.6 Å².